The van der Waals surface area contributed by atoms with Gasteiger partial charge in [-0.3, -0.25) is 0 Å². The lowest BCUT2D eigenvalue weighted by atomic mass is 10.0. The van der Waals surface area contributed by atoms with Gasteiger partial charge in [0.05, 0.1) is 0 Å². The second-order valence-corrected chi connectivity index (χ2v) is 4.42. The maximum atomic E-state index is 5.86. The van der Waals surface area contributed by atoms with Crippen LogP contribution in [0.1, 0.15) is 0 Å². The molecule has 1 aromatic heterocycles. The summed E-state index contributed by atoms with van der Waals surface area (Å²) in [7, 11) is 0. The summed E-state index contributed by atoms with van der Waals surface area (Å²) in [5, 5.41) is 10.2. The van der Waals surface area contributed by atoms with E-state index in [0.29, 0.717) is 11.0 Å². The fraction of sp³-hybridized carbons (Fsp3) is 0. The number of rotatable bonds is 1. The summed E-state index contributed by atoms with van der Waals surface area (Å²) in [6.07, 6.45) is 0. The Kier molecular flexibility index (Phi) is 2.61. The van der Waals surface area contributed by atoms with Crippen LogP contribution < -0.4 is 5.73 Å². The van der Waals surface area contributed by atoms with E-state index in [1.165, 1.54) is 5.39 Å². The molecule has 4 heteroatoms. The molecular formula is C14H10ClN3. The van der Waals surface area contributed by atoms with E-state index in [1.54, 1.807) is 6.07 Å². The second kappa shape index (κ2) is 4.27. The van der Waals surface area contributed by atoms with Crippen LogP contribution in [0, 0.1) is 0 Å². The van der Waals surface area contributed by atoms with Crippen LogP contribution in [0.3, 0.4) is 0 Å². The van der Waals surface area contributed by atoms with E-state index in [2.05, 4.69) is 34.5 Å². The predicted molar refractivity (Wildman–Crippen MR) is 74.4 cm³/mol. The Balaban J connectivity index is 2.22. The van der Waals surface area contributed by atoms with Crippen LogP contribution >= 0.6 is 11.6 Å². The minimum Gasteiger partial charge on any atom is -0.382 e. The molecule has 0 aliphatic carbocycles. The van der Waals surface area contributed by atoms with Crippen molar-refractivity contribution in [2.45, 2.75) is 0 Å². The van der Waals surface area contributed by atoms with E-state index >= 15 is 0 Å². The Hall–Kier alpha value is -2.13. The zero-order chi connectivity index (χ0) is 12.5. The lowest BCUT2D eigenvalue weighted by Gasteiger charge is -2.06. The fourth-order valence-electron chi connectivity index (χ4n) is 1.97. The van der Waals surface area contributed by atoms with Crippen LogP contribution in [0.2, 0.25) is 5.15 Å². The molecule has 0 saturated heterocycles. The van der Waals surface area contributed by atoms with Crippen LogP contribution in [0.25, 0.3) is 21.9 Å². The first-order valence-electron chi connectivity index (χ1n) is 5.52. The van der Waals surface area contributed by atoms with Crippen LogP contribution in [0.5, 0.6) is 0 Å². The van der Waals surface area contributed by atoms with E-state index in [1.807, 2.05) is 18.2 Å². The van der Waals surface area contributed by atoms with Crippen molar-refractivity contribution in [1.29, 1.82) is 0 Å². The number of aromatic nitrogens is 2. The Bertz CT molecular complexity index is 725. The third-order valence-corrected chi connectivity index (χ3v) is 3.04. The quantitative estimate of drug-likeness (QED) is 0.724. The number of fused-ring (bicyclic) bond motifs is 1. The van der Waals surface area contributed by atoms with Crippen molar-refractivity contribution in [3.8, 4) is 11.1 Å². The summed E-state index contributed by atoms with van der Waals surface area (Å²) < 4.78 is 0. The molecule has 0 aliphatic rings. The van der Waals surface area contributed by atoms with Crippen LogP contribution in [-0.2, 0) is 0 Å². The van der Waals surface area contributed by atoms with E-state index < -0.39 is 0 Å². The molecule has 0 amide bonds. The zero-order valence-corrected chi connectivity index (χ0v) is 10.2. The molecule has 2 N–H and O–H groups in total. The molecule has 3 nitrogen and oxygen atoms in total. The lowest BCUT2D eigenvalue weighted by Crippen LogP contribution is -1.96. The number of hydrogen-bond donors (Lipinski definition) is 1. The normalized spacial score (nSPS) is 10.7. The molecule has 2 aromatic carbocycles. The van der Waals surface area contributed by atoms with Gasteiger partial charge in [0.25, 0.3) is 0 Å². The van der Waals surface area contributed by atoms with Crippen molar-refractivity contribution >= 4 is 28.2 Å². The molecule has 0 saturated carbocycles. The van der Waals surface area contributed by atoms with E-state index in [0.717, 1.165) is 16.5 Å². The Morgan fingerprint density at radius 3 is 2.50 bits per heavy atom. The number of nitrogens with two attached hydrogens (primary N) is 1. The van der Waals surface area contributed by atoms with Crippen molar-refractivity contribution in [3.63, 3.8) is 0 Å². The summed E-state index contributed by atoms with van der Waals surface area (Å²) in [5.41, 5.74) is 7.63. The lowest BCUT2D eigenvalue weighted by molar-refractivity contribution is 1.04. The largest absolute Gasteiger partial charge is 0.382 e. The van der Waals surface area contributed by atoms with Gasteiger partial charge in [-0.1, -0.05) is 48.0 Å². The van der Waals surface area contributed by atoms with Gasteiger partial charge in [0.2, 0.25) is 0 Å². The van der Waals surface area contributed by atoms with Gasteiger partial charge in [0, 0.05) is 5.56 Å². The summed E-state index contributed by atoms with van der Waals surface area (Å²) in [6, 6.07) is 16.0. The van der Waals surface area contributed by atoms with Gasteiger partial charge in [-0.15, -0.1) is 10.2 Å². The fourth-order valence-corrected chi connectivity index (χ4v) is 2.11. The molecule has 0 fully saturated rings. The third kappa shape index (κ3) is 1.89. The van der Waals surface area contributed by atoms with Gasteiger partial charge < -0.3 is 5.73 Å². The molecule has 0 radical (unpaired) electrons. The number of nitrogen functional groups attached to an aromatic ring is 1. The maximum absolute atomic E-state index is 5.86. The maximum Gasteiger partial charge on any atom is 0.154 e. The van der Waals surface area contributed by atoms with Crippen molar-refractivity contribution in [1.82, 2.24) is 10.2 Å². The molecule has 88 valence electrons. The standard InChI is InChI=1S/C14H10ClN3/c15-13-8-12(14(16)18-17-13)11-6-5-9-3-1-2-4-10(9)7-11/h1-8H,(H2,16,18). The van der Waals surface area contributed by atoms with Crippen LogP contribution in [0.15, 0.2) is 48.5 Å². The Morgan fingerprint density at radius 1 is 0.889 bits per heavy atom. The highest BCUT2D eigenvalue weighted by Crippen LogP contribution is 2.28. The first kappa shape index (κ1) is 11.0. The summed E-state index contributed by atoms with van der Waals surface area (Å²) in [5.74, 6) is 0.384. The Morgan fingerprint density at radius 2 is 1.67 bits per heavy atom. The zero-order valence-electron chi connectivity index (χ0n) is 9.47. The summed E-state index contributed by atoms with van der Waals surface area (Å²) in [4.78, 5) is 0. The molecular weight excluding hydrogens is 246 g/mol. The molecule has 0 aliphatic heterocycles. The SMILES string of the molecule is Nc1nnc(Cl)cc1-c1ccc2ccccc2c1. The highest BCUT2D eigenvalue weighted by Gasteiger charge is 2.06. The van der Waals surface area contributed by atoms with Crippen LogP contribution in [-0.4, -0.2) is 10.2 Å². The monoisotopic (exact) mass is 255 g/mol. The molecule has 18 heavy (non-hydrogen) atoms. The van der Waals surface area contributed by atoms with E-state index in [9.17, 15) is 0 Å². The van der Waals surface area contributed by atoms with Gasteiger partial charge in [-0.05, 0) is 28.5 Å². The third-order valence-electron chi connectivity index (χ3n) is 2.85. The summed E-state index contributed by atoms with van der Waals surface area (Å²) in [6.45, 7) is 0. The first-order chi connectivity index (χ1) is 8.74. The van der Waals surface area contributed by atoms with Gasteiger partial charge >= 0.3 is 0 Å². The molecule has 0 unspecified atom stereocenters. The van der Waals surface area contributed by atoms with Crippen molar-refractivity contribution in [2.75, 3.05) is 5.73 Å². The van der Waals surface area contributed by atoms with Crippen molar-refractivity contribution < 1.29 is 0 Å². The highest BCUT2D eigenvalue weighted by atomic mass is 35.5. The van der Waals surface area contributed by atoms with E-state index in [4.69, 9.17) is 17.3 Å². The molecule has 1 heterocycles. The summed E-state index contributed by atoms with van der Waals surface area (Å²) >= 11 is 5.86. The molecule has 0 spiro atoms. The predicted octanol–water partition coefficient (Wildman–Crippen LogP) is 3.53. The van der Waals surface area contributed by atoms with Gasteiger partial charge in [0.1, 0.15) is 0 Å². The second-order valence-electron chi connectivity index (χ2n) is 4.03. The van der Waals surface area contributed by atoms with Gasteiger partial charge in [-0.2, -0.15) is 0 Å². The number of hydrogen-bond acceptors (Lipinski definition) is 3. The van der Waals surface area contributed by atoms with E-state index in [-0.39, 0.29) is 0 Å². The van der Waals surface area contributed by atoms with Crippen molar-refractivity contribution in [2.24, 2.45) is 0 Å². The number of halogens is 1. The Labute approximate surface area is 109 Å². The van der Waals surface area contributed by atoms with Crippen molar-refractivity contribution in [3.05, 3.63) is 53.7 Å². The van der Waals surface area contributed by atoms with Gasteiger partial charge in [-0.25, -0.2) is 0 Å². The average Bonchev–Trinajstić information content (AvgIpc) is 2.41. The molecule has 3 aromatic rings. The number of anilines is 1. The number of benzene rings is 2. The molecule has 0 atom stereocenters. The first-order valence-corrected chi connectivity index (χ1v) is 5.90. The van der Waals surface area contributed by atoms with Gasteiger partial charge in [0.15, 0.2) is 11.0 Å². The van der Waals surface area contributed by atoms with Crippen LogP contribution in [0.4, 0.5) is 5.82 Å². The average molecular weight is 256 g/mol. The molecule has 0 bridgehead atoms. The topological polar surface area (TPSA) is 51.8 Å². The minimum absolute atomic E-state index is 0.340. The minimum atomic E-state index is 0.340. The smallest absolute Gasteiger partial charge is 0.154 e. The number of nitrogens with zero attached hydrogens (tertiary/aromatic N) is 2. The highest BCUT2D eigenvalue weighted by molar-refractivity contribution is 6.29. The molecule has 3 rings (SSSR count).